The molecular weight excluding hydrogens is 380 g/mol. The van der Waals surface area contributed by atoms with Gasteiger partial charge in [0.05, 0.1) is 5.75 Å². The van der Waals surface area contributed by atoms with Crippen molar-refractivity contribution in [3.05, 3.63) is 70.7 Å². The second-order valence-electron chi connectivity index (χ2n) is 6.16. The first-order valence-electron chi connectivity index (χ1n) is 8.95. The summed E-state index contributed by atoms with van der Waals surface area (Å²) in [4.78, 5) is 26.8. The van der Waals surface area contributed by atoms with Crippen molar-refractivity contribution in [2.75, 3.05) is 12.3 Å². The molecule has 0 saturated heterocycles. The fraction of sp³-hybridized carbons (Fsp3) is 0.333. The largest absolute Gasteiger partial charge is 0.355 e. The van der Waals surface area contributed by atoms with Gasteiger partial charge in [0, 0.05) is 23.9 Å². The lowest BCUT2D eigenvalue weighted by molar-refractivity contribution is -0.138. The highest BCUT2D eigenvalue weighted by Gasteiger charge is 2.25. The van der Waals surface area contributed by atoms with E-state index in [1.54, 1.807) is 11.8 Å². The van der Waals surface area contributed by atoms with Gasteiger partial charge in [-0.05, 0) is 31.0 Å². The van der Waals surface area contributed by atoms with Crippen molar-refractivity contribution >= 4 is 35.2 Å². The predicted octanol–water partition coefficient (Wildman–Crippen LogP) is 4.13. The Morgan fingerprint density at radius 2 is 1.78 bits per heavy atom. The lowest BCUT2D eigenvalue weighted by Gasteiger charge is -2.28. The van der Waals surface area contributed by atoms with Crippen LogP contribution in [0.3, 0.4) is 0 Å². The fourth-order valence-electron chi connectivity index (χ4n) is 2.63. The lowest BCUT2D eigenvalue weighted by atomic mass is 10.1. The molecule has 2 aromatic carbocycles. The Balaban J connectivity index is 2.03. The summed E-state index contributed by atoms with van der Waals surface area (Å²) in [6, 6.07) is 16.8. The second-order valence-corrected chi connectivity index (χ2v) is 7.55. The highest BCUT2D eigenvalue weighted by molar-refractivity contribution is 7.99. The van der Waals surface area contributed by atoms with E-state index in [2.05, 4.69) is 5.32 Å². The molecule has 0 unspecified atom stereocenters. The molecule has 0 heterocycles. The van der Waals surface area contributed by atoms with Crippen LogP contribution in [0.2, 0.25) is 5.02 Å². The Labute approximate surface area is 170 Å². The van der Waals surface area contributed by atoms with E-state index in [1.165, 1.54) is 11.8 Å². The van der Waals surface area contributed by atoms with Gasteiger partial charge >= 0.3 is 0 Å². The molecule has 144 valence electrons. The summed E-state index contributed by atoms with van der Waals surface area (Å²) < 4.78 is 0. The quantitative estimate of drug-likeness (QED) is 0.683. The van der Waals surface area contributed by atoms with Gasteiger partial charge < -0.3 is 10.2 Å². The van der Waals surface area contributed by atoms with Gasteiger partial charge in [-0.2, -0.15) is 0 Å². The highest BCUT2D eigenvalue weighted by atomic mass is 35.5. The maximum absolute atomic E-state index is 12.9. The van der Waals surface area contributed by atoms with Gasteiger partial charge in [-0.25, -0.2) is 0 Å². The topological polar surface area (TPSA) is 49.4 Å². The summed E-state index contributed by atoms with van der Waals surface area (Å²) in [6.45, 7) is 4.58. The summed E-state index contributed by atoms with van der Waals surface area (Å²) >= 11 is 7.68. The van der Waals surface area contributed by atoms with E-state index in [0.29, 0.717) is 29.6 Å². The molecule has 0 aromatic heterocycles. The van der Waals surface area contributed by atoms with Gasteiger partial charge in [0.1, 0.15) is 6.04 Å². The van der Waals surface area contributed by atoms with E-state index < -0.39 is 6.04 Å². The van der Waals surface area contributed by atoms with Crippen molar-refractivity contribution in [1.82, 2.24) is 10.2 Å². The van der Waals surface area contributed by atoms with Crippen LogP contribution in [0.25, 0.3) is 0 Å². The van der Waals surface area contributed by atoms with Crippen molar-refractivity contribution < 1.29 is 9.59 Å². The van der Waals surface area contributed by atoms with E-state index in [9.17, 15) is 9.59 Å². The number of hydrogen-bond acceptors (Lipinski definition) is 3. The number of rotatable bonds is 9. The van der Waals surface area contributed by atoms with Crippen LogP contribution in [0.5, 0.6) is 0 Å². The van der Waals surface area contributed by atoms with Crippen LogP contribution >= 0.6 is 23.4 Å². The normalized spacial score (nSPS) is 11.7. The van der Waals surface area contributed by atoms with E-state index in [4.69, 9.17) is 11.6 Å². The summed E-state index contributed by atoms with van der Waals surface area (Å²) in [6.07, 6.45) is 0. The number of hydrogen-bond donors (Lipinski definition) is 1. The molecule has 2 rings (SSSR count). The molecule has 4 nitrogen and oxygen atoms in total. The zero-order valence-corrected chi connectivity index (χ0v) is 17.2. The first-order valence-corrected chi connectivity index (χ1v) is 10.5. The minimum atomic E-state index is -0.529. The Hall–Kier alpha value is -1.98. The van der Waals surface area contributed by atoms with Crippen LogP contribution in [0.1, 0.15) is 25.0 Å². The van der Waals surface area contributed by atoms with Crippen LogP contribution in [-0.4, -0.2) is 35.1 Å². The number of amides is 2. The van der Waals surface area contributed by atoms with E-state index in [0.717, 1.165) is 11.1 Å². The van der Waals surface area contributed by atoms with Crippen LogP contribution in [-0.2, 0) is 21.9 Å². The molecule has 0 spiro atoms. The maximum Gasteiger partial charge on any atom is 0.242 e. The number of halogens is 1. The van der Waals surface area contributed by atoms with E-state index in [1.807, 2.05) is 61.5 Å². The average molecular weight is 405 g/mol. The van der Waals surface area contributed by atoms with Crippen LogP contribution in [0.15, 0.2) is 54.6 Å². The minimum Gasteiger partial charge on any atom is -0.355 e. The molecule has 0 fully saturated rings. The average Bonchev–Trinajstić information content (AvgIpc) is 2.68. The van der Waals surface area contributed by atoms with Gasteiger partial charge in [0.15, 0.2) is 0 Å². The number of carbonyl (C=O) groups excluding carboxylic acids is 2. The molecule has 0 radical (unpaired) electrons. The third kappa shape index (κ3) is 6.60. The highest BCUT2D eigenvalue weighted by Crippen LogP contribution is 2.21. The first-order chi connectivity index (χ1) is 13.0. The van der Waals surface area contributed by atoms with Crippen LogP contribution in [0.4, 0.5) is 0 Å². The Kier molecular flexibility index (Phi) is 8.69. The Morgan fingerprint density at radius 1 is 1.11 bits per heavy atom. The summed E-state index contributed by atoms with van der Waals surface area (Å²) in [5.74, 6) is 0.745. The predicted molar refractivity (Wildman–Crippen MR) is 113 cm³/mol. The number of likely N-dealkylation sites (N-methyl/N-ethyl adjacent to an activating group) is 1. The molecular formula is C21H25ClN2O2S. The van der Waals surface area contributed by atoms with Crippen molar-refractivity contribution in [2.24, 2.45) is 0 Å². The third-order valence-electron chi connectivity index (χ3n) is 4.15. The number of nitrogens with one attached hydrogen (secondary N) is 1. The van der Waals surface area contributed by atoms with Gasteiger partial charge in [-0.1, -0.05) is 60.1 Å². The molecule has 2 aromatic rings. The molecule has 0 bridgehead atoms. The Bertz CT molecular complexity index is 755. The lowest BCUT2D eigenvalue weighted by Crippen LogP contribution is -2.48. The molecule has 2 amide bonds. The Morgan fingerprint density at radius 3 is 2.44 bits per heavy atom. The van der Waals surface area contributed by atoms with Gasteiger partial charge in [-0.3, -0.25) is 9.59 Å². The van der Waals surface area contributed by atoms with Gasteiger partial charge in [0.2, 0.25) is 11.8 Å². The van der Waals surface area contributed by atoms with Crippen molar-refractivity contribution in [3.8, 4) is 0 Å². The summed E-state index contributed by atoms with van der Waals surface area (Å²) in [5.41, 5.74) is 2.00. The molecule has 0 aliphatic carbocycles. The molecule has 0 aliphatic rings. The smallest absolute Gasteiger partial charge is 0.242 e. The molecule has 6 heteroatoms. The second kappa shape index (κ2) is 11.0. The molecule has 1 atom stereocenters. The zero-order valence-electron chi connectivity index (χ0n) is 15.7. The first kappa shape index (κ1) is 21.3. The SMILES string of the molecule is CCNC(=O)[C@H](C)N(Cc1ccccc1)C(=O)CSCc1ccccc1Cl. The summed E-state index contributed by atoms with van der Waals surface area (Å²) in [5, 5.41) is 3.50. The van der Waals surface area contributed by atoms with Crippen LogP contribution in [0, 0.1) is 0 Å². The van der Waals surface area contributed by atoms with Gasteiger partial charge in [0.25, 0.3) is 0 Å². The van der Waals surface area contributed by atoms with Gasteiger partial charge in [-0.15, -0.1) is 11.8 Å². The monoisotopic (exact) mass is 404 g/mol. The van der Waals surface area contributed by atoms with Crippen molar-refractivity contribution in [1.29, 1.82) is 0 Å². The maximum atomic E-state index is 12.9. The van der Waals surface area contributed by atoms with Crippen molar-refractivity contribution in [3.63, 3.8) is 0 Å². The molecule has 0 aliphatic heterocycles. The number of carbonyl (C=O) groups is 2. The van der Waals surface area contributed by atoms with Crippen LogP contribution < -0.4 is 5.32 Å². The van der Waals surface area contributed by atoms with E-state index >= 15 is 0 Å². The number of benzene rings is 2. The minimum absolute atomic E-state index is 0.0605. The number of thioether (sulfide) groups is 1. The molecule has 1 N–H and O–H groups in total. The summed E-state index contributed by atoms with van der Waals surface area (Å²) in [7, 11) is 0. The zero-order chi connectivity index (χ0) is 19.6. The fourth-order valence-corrected chi connectivity index (χ4v) is 3.83. The standard InChI is InChI=1S/C21H25ClN2O2S/c1-3-23-21(26)16(2)24(13-17-9-5-4-6-10-17)20(25)15-27-14-18-11-7-8-12-19(18)22/h4-12,16H,3,13-15H2,1-2H3,(H,23,26)/t16-/m0/s1. The molecule has 27 heavy (non-hydrogen) atoms. The van der Waals surface area contributed by atoms with Crippen molar-refractivity contribution in [2.45, 2.75) is 32.2 Å². The number of nitrogens with zero attached hydrogens (tertiary/aromatic N) is 1. The molecule has 0 saturated carbocycles. The third-order valence-corrected chi connectivity index (χ3v) is 5.49. The van der Waals surface area contributed by atoms with E-state index in [-0.39, 0.29) is 11.8 Å².